The summed E-state index contributed by atoms with van der Waals surface area (Å²) in [5.41, 5.74) is 8.44. The Labute approximate surface area is 139 Å². The molecule has 1 aromatic rings. The van der Waals surface area contributed by atoms with Crippen LogP contribution in [0.4, 0.5) is 0 Å². The number of amides is 1. The number of aryl methyl sites for hydroxylation is 2. The maximum absolute atomic E-state index is 12.6. The van der Waals surface area contributed by atoms with Gasteiger partial charge in [-0.3, -0.25) is 4.79 Å². The first kappa shape index (κ1) is 16.3. The molecule has 0 spiro atoms. The van der Waals surface area contributed by atoms with Crippen molar-refractivity contribution in [1.82, 2.24) is 4.90 Å². The normalized spacial score (nSPS) is 25.6. The van der Waals surface area contributed by atoms with E-state index in [1.807, 2.05) is 4.90 Å². The van der Waals surface area contributed by atoms with Crippen LogP contribution >= 0.6 is 0 Å². The lowest BCUT2D eigenvalue weighted by Crippen LogP contribution is -2.47. The van der Waals surface area contributed by atoms with E-state index in [-0.39, 0.29) is 24.0 Å². The maximum Gasteiger partial charge on any atom is 0.227 e. The zero-order valence-corrected chi connectivity index (χ0v) is 14.3. The quantitative estimate of drug-likeness (QED) is 0.933. The van der Waals surface area contributed by atoms with Crippen molar-refractivity contribution in [2.75, 3.05) is 13.1 Å². The molecule has 0 aromatic heterocycles. The van der Waals surface area contributed by atoms with E-state index >= 15 is 0 Å². The van der Waals surface area contributed by atoms with Crippen molar-refractivity contribution in [2.45, 2.75) is 58.1 Å². The van der Waals surface area contributed by atoms with Crippen LogP contribution in [0.25, 0.3) is 0 Å². The van der Waals surface area contributed by atoms with Crippen molar-refractivity contribution < 1.29 is 9.53 Å². The molecule has 2 aliphatic rings. The van der Waals surface area contributed by atoms with Gasteiger partial charge in [-0.25, -0.2) is 0 Å². The number of nitrogens with zero attached hydrogens (tertiary/aromatic N) is 1. The molecule has 1 heterocycles. The first-order valence-corrected chi connectivity index (χ1v) is 8.83. The van der Waals surface area contributed by atoms with E-state index in [4.69, 9.17) is 10.5 Å². The Balaban J connectivity index is 1.55. The van der Waals surface area contributed by atoms with Gasteiger partial charge in [0.05, 0.1) is 5.92 Å². The molecule has 3 rings (SSSR count). The highest BCUT2D eigenvalue weighted by Crippen LogP contribution is 2.29. The average Bonchev–Trinajstić information content (AvgIpc) is 2.97. The number of hydrogen-bond acceptors (Lipinski definition) is 3. The van der Waals surface area contributed by atoms with Crippen LogP contribution in [-0.2, 0) is 4.79 Å². The molecule has 23 heavy (non-hydrogen) atoms. The molecule has 2 fully saturated rings. The number of para-hydroxylation sites is 1. The van der Waals surface area contributed by atoms with Gasteiger partial charge < -0.3 is 15.4 Å². The Morgan fingerprint density at radius 1 is 1.13 bits per heavy atom. The van der Waals surface area contributed by atoms with E-state index in [2.05, 4.69) is 32.0 Å². The molecule has 126 valence electrons. The Morgan fingerprint density at radius 2 is 1.78 bits per heavy atom. The van der Waals surface area contributed by atoms with Crippen LogP contribution in [0.1, 0.15) is 43.2 Å². The van der Waals surface area contributed by atoms with Gasteiger partial charge in [0.1, 0.15) is 11.9 Å². The minimum absolute atomic E-state index is 0.0473. The predicted molar refractivity (Wildman–Crippen MR) is 91.5 cm³/mol. The van der Waals surface area contributed by atoms with Crippen molar-refractivity contribution in [3.05, 3.63) is 29.3 Å². The van der Waals surface area contributed by atoms with E-state index < -0.39 is 0 Å². The Hall–Kier alpha value is -1.55. The van der Waals surface area contributed by atoms with Crippen molar-refractivity contribution in [3.8, 4) is 5.75 Å². The van der Waals surface area contributed by atoms with E-state index in [0.29, 0.717) is 0 Å². The summed E-state index contributed by atoms with van der Waals surface area (Å²) in [5, 5.41) is 0. The van der Waals surface area contributed by atoms with Crippen molar-refractivity contribution in [2.24, 2.45) is 11.7 Å². The van der Waals surface area contributed by atoms with Gasteiger partial charge in [0.2, 0.25) is 5.91 Å². The zero-order valence-electron chi connectivity index (χ0n) is 14.3. The molecular weight excluding hydrogens is 288 g/mol. The minimum atomic E-state index is 0.0473. The molecule has 0 unspecified atom stereocenters. The molecule has 1 amide bonds. The van der Waals surface area contributed by atoms with Crippen LogP contribution in [0.3, 0.4) is 0 Å². The molecule has 1 saturated heterocycles. The Bertz CT molecular complexity index is 544. The fourth-order valence-corrected chi connectivity index (χ4v) is 3.88. The van der Waals surface area contributed by atoms with Gasteiger partial charge in [0.15, 0.2) is 0 Å². The monoisotopic (exact) mass is 316 g/mol. The van der Waals surface area contributed by atoms with Gasteiger partial charge in [0, 0.05) is 32.0 Å². The number of ether oxygens (including phenoxy) is 1. The molecule has 1 aromatic carbocycles. The molecule has 1 saturated carbocycles. The van der Waals surface area contributed by atoms with E-state index in [1.54, 1.807) is 0 Å². The lowest BCUT2D eigenvalue weighted by Gasteiger charge is -2.34. The summed E-state index contributed by atoms with van der Waals surface area (Å²) in [6.45, 7) is 5.75. The smallest absolute Gasteiger partial charge is 0.227 e. The third-order valence-corrected chi connectivity index (χ3v) is 5.33. The first-order valence-electron chi connectivity index (χ1n) is 8.83. The lowest BCUT2D eigenvalue weighted by atomic mass is 10.00. The number of benzene rings is 1. The lowest BCUT2D eigenvalue weighted by molar-refractivity contribution is -0.137. The second-order valence-electron chi connectivity index (χ2n) is 7.06. The first-order chi connectivity index (χ1) is 11.1. The summed E-state index contributed by atoms with van der Waals surface area (Å²) in [6.07, 6.45) is 5.05. The van der Waals surface area contributed by atoms with Gasteiger partial charge in [0.25, 0.3) is 0 Å². The SMILES string of the molecule is Cc1cccc(C)c1OC1CCN(C(=O)[C@H]2CCC[C@@H]2N)CC1. The third-order valence-electron chi connectivity index (χ3n) is 5.33. The summed E-state index contributed by atoms with van der Waals surface area (Å²) in [5.74, 6) is 1.32. The molecule has 2 atom stereocenters. The number of nitrogens with two attached hydrogens (primary N) is 1. The summed E-state index contributed by atoms with van der Waals surface area (Å²) >= 11 is 0. The second kappa shape index (κ2) is 6.91. The highest BCUT2D eigenvalue weighted by Gasteiger charge is 2.35. The van der Waals surface area contributed by atoms with E-state index in [9.17, 15) is 4.79 Å². The summed E-state index contributed by atoms with van der Waals surface area (Å²) in [6, 6.07) is 6.29. The third kappa shape index (κ3) is 3.52. The number of piperidine rings is 1. The van der Waals surface area contributed by atoms with Crippen LogP contribution in [0, 0.1) is 19.8 Å². The number of carbonyl (C=O) groups is 1. The van der Waals surface area contributed by atoms with Crippen LogP contribution < -0.4 is 10.5 Å². The van der Waals surface area contributed by atoms with Gasteiger partial charge >= 0.3 is 0 Å². The van der Waals surface area contributed by atoms with E-state index in [1.165, 1.54) is 11.1 Å². The molecule has 4 heteroatoms. The Kier molecular flexibility index (Phi) is 4.90. The Morgan fingerprint density at radius 3 is 2.35 bits per heavy atom. The van der Waals surface area contributed by atoms with E-state index in [0.717, 1.165) is 50.9 Å². The zero-order chi connectivity index (χ0) is 16.4. The number of carbonyl (C=O) groups excluding carboxylic acids is 1. The summed E-state index contributed by atoms with van der Waals surface area (Å²) in [4.78, 5) is 14.6. The number of hydrogen-bond donors (Lipinski definition) is 1. The van der Waals surface area contributed by atoms with Crippen LogP contribution in [0.2, 0.25) is 0 Å². The molecule has 4 nitrogen and oxygen atoms in total. The summed E-state index contributed by atoms with van der Waals surface area (Å²) < 4.78 is 6.23. The topological polar surface area (TPSA) is 55.6 Å². The number of likely N-dealkylation sites (tertiary alicyclic amines) is 1. The molecule has 0 radical (unpaired) electrons. The molecule has 0 bridgehead atoms. The van der Waals surface area contributed by atoms with Crippen molar-refractivity contribution in [3.63, 3.8) is 0 Å². The average molecular weight is 316 g/mol. The fourth-order valence-electron chi connectivity index (χ4n) is 3.88. The molecule has 1 aliphatic carbocycles. The standard InChI is InChI=1S/C19H28N2O2/c1-13-5-3-6-14(2)18(13)23-15-9-11-21(12-10-15)19(22)16-7-4-8-17(16)20/h3,5-6,15-17H,4,7-12,20H2,1-2H3/t16-,17-/m0/s1. The van der Waals surface area contributed by atoms with Gasteiger partial charge in [-0.05, 0) is 37.8 Å². The fraction of sp³-hybridized carbons (Fsp3) is 0.632. The van der Waals surface area contributed by atoms with Crippen LogP contribution in [0.15, 0.2) is 18.2 Å². The highest BCUT2D eigenvalue weighted by atomic mass is 16.5. The van der Waals surface area contributed by atoms with Crippen LogP contribution in [-0.4, -0.2) is 36.0 Å². The molecular formula is C19H28N2O2. The number of rotatable bonds is 3. The highest BCUT2D eigenvalue weighted by molar-refractivity contribution is 5.80. The molecule has 1 aliphatic heterocycles. The van der Waals surface area contributed by atoms with Gasteiger partial charge in [-0.2, -0.15) is 0 Å². The summed E-state index contributed by atoms with van der Waals surface area (Å²) in [7, 11) is 0. The largest absolute Gasteiger partial charge is 0.490 e. The van der Waals surface area contributed by atoms with Crippen LogP contribution in [0.5, 0.6) is 5.75 Å². The minimum Gasteiger partial charge on any atom is -0.490 e. The molecule has 2 N–H and O–H groups in total. The van der Waals surface area contributed by atoms with Crippen molar-refractivity contribution in [1.29, 1.82) is 0 Å². The predicted octanol–water partition coefficient (Wildman–Crippen LogP) is 2.80. The van der Waals surface area contributed by atoms with Crippen molar-refractivity contribution >= 4 is 5.91 Å². The van der Waals surface area contributed by atoms with Gasteiger partial charge in [-0.15, -0.1) is 0 Å². The second-order valence-corrected chi connectivity index (χ2v) is 7.06. The maximum atomic E-state index is 12.6. The van der Waals surface area contributed by atoms with Gasteiger partial charge in [-0.1, -0.05) is 24.6 Å².